The van der Waals surface area contributed by atoms with Crippen LogP contribution in [-0.2, 0) is 4.74 Å². The zero-order valence-electron chi connectivity index (χ0n) is 11.8. The van der Waals surface area contributed by atoms with E-state index >= 15 is 0 Å². The number of benzene rings is 1. The molecule has 0 saturated carbocycles. The van der Waals surface area contributed by atoms with Crippen molar-refractivity contribution < 1.29 is 9.84 Å². The molecule has 1 aromatic rings. The van der Waals surface area contributed by atoms with Crippen molar-refractivity contribution in [1.29, 1.82) is 0 Å². The van der Waals surface area contributed by atoms with Crippen molar-refractivity contribution in [3.05, 3.63) is 29.8 Å². The summed E-state index contributed by atoms with van der Waals surface area (Å²) < 4.78 is 5.74. The summed E-state index contributed by atoms with van der Waals surface area (Å²) in [6.07, 6.45) is 1.22. The van der Waals surface area contributed by atoms with Gasteiger partial charge in [-0.1, -0.05) is 25.1 Å². The summed E-state index contributed by atoms with van der Waals surface area (Å²) in [5, 5.41) is 13.2. The van der Waals surface area contributed by atoms with E-state index in [9.17, 15) is 5.11 Å². The molecule has 0 bridgehead atoms. The summed E-state index contributed by atoms with van der Waals surface area (Å²) in [5.74, 6) is 0.394. The molecule has 0 aromatic heterocycles. The molecule has 19 heavy (non-hydrogen) atoms. The summed E-state index contributed by atoms with van der Waals surface area (Å²) >= 11 is 0. The Morgan fingerprint density at radius 1 is 1.47 bits per heavy atom. The zero-order chi connectivity index (χ0) is 13.7. The van der Waals surface area contributed by atoms with E-state index in [2.05, 4.69) is 17.1 Å². The van der Waals surface area contributed by atoms with Gasteiger partial charge in [0.1, 0.15) is 5.75 Å². The van der Waals surface area contributed by atoms with E-state index in [0.717, 1.165) is 38.2 Å². The van der Waals surface area contributed by atoms with Crippen LogP contribution in [-0.4, -0.2) is 49.4 Å². The first-order valence-corrected chi connectivity index (χ1v) is 7.04. The van der Waals surface area contributed by atoms with Crippen LogP contribution >= 0.6 is 0 Å². The molecular formula is C15H24N2O2. The Balaban J connectivity index is 2.11. The molecule has 0 aliphatic carbocycles. The minimum atomic E-state index is 0.235. The maximum Gasteiger partial charge on any atom is 0.120 e. The molecule has 0 amide bonds. The molecule has 1 heterocycles. The normalized spacial score (nSPS) is 22.3. The molecule has 2 N–H and O–H groups in total. The number of likely N-dealkylation sites (N-methyl/N-ethyl adjacent to an activating group) is 1. The molecule has 1 fully saturated rings. The van der Waals surface area contributed by atoms with Gasteiger partial charge >= 0.3 is 0 Å². The van der Waals surface area contributed by atoms with Gasteiger partial charge in [-0.25, -0.2) is 0 Å². The quantitative estimate of drug-likeness (QED) is 0.850. The Bertz CT molecular complexity index is 395. The first kappa shape index (κ1) is 14.3. The summed E-state index contributed by atoms with van der Waals surface area (Å²) in [6.45, 7) is 5.63. The predicted molar refractivity (Wildman–Crippen MR) is 76.4 cm³/mol. The summed E-state index contributed by atoms with van der Waals surface area (Å²) in [5.41, 5.74) is 1.02. The Labute approximate surface area is 115 Å². The number of nitrogens with one attached hydrogen (secondary N) is 1. The molecule has 0 spiro atoms. The van der Waals surface area contributed by atoms with Crippen LogP contribution in [0.4, 0.5) is 0 Å². The van der Waals surface area contributed by atoms with Crippen molar-refractivity contribution in [2.45, 2.75) is 25.5 Å². The van der Waals surface area contributed by atoms with Crippen molar-refractivity contribution in [3.8, 4) is 5.75 Å². The maximum atomic E-state index is 10.0. The molecule has 2 rings (SSSR count). The highest BCUT2D eigenvalue weighted by Crippen LogP contribution is 2.31. The zero-order valence-corrected chi connectivity index (χ0v) is 11.8. The molecule has 1 saturated heterocycles. The van der Waals surface area contributed by atoms with Crippen LogP contribution in [0.5, 0.6) is 5.75 Å². The van der Waals surface area contributed by atoms with Gasteiger partial charge in [0, 0.05) is 31.2 Å². The van der Waals surface area contributed by atoms with Crippen molar-refractivity contribution >= 4 is 0 Å². The van der Waals surface area contributed by atoms with E-state index in [1.54, 1.807) is 6.07 Å². The third kappa shape index (κ3) is 3.47. The number of para-hydroxylation sites is 1. The molecule has 4 nitrogen and oxygen atoms in total. The van der Waals surface area contributed by atoms with Gasteiger partial charge in [-0.05, 0) is 19.5 Å². The first-order chi connectivity index (χ1) is 9.26. The second-order valence-corrected chi connectivity index (χ2v) is 5.03. The molecule has 1 aliphatic rings. The molecule has 1 aliphatic heterocycles. The number of rotatable bonds is 5. The van der Waals surface area contributed by atoms with Gasteiger partial charge in [0.2, 0.25) is 0 Å². The second-order valence-electron chi connectivity index (χ2n) is 5.03. The second kappa shape index (κ2) is 6.89. The number of phenols is 1. The van der Waals surface area contributed by atoms with E-state index in [1.807, 2.05) is 25.2 Å². The molecule has 4 heteroatoms. The summed E-state index contributed by atoms with van der Waals surface area (Å²) in [7, 11) is 1.95. The van der Waals surface area contributed by atoms with Crippen molar-refractivity contribution in [2.75, 3.05) is 33.3 Å². The van der Waals surface area contributed by atoms with Crippen molar-refractivity contribution in [3.63, 3.8) is 0 Å². The van der Waals surface area contributed by atoms with E-state index in [4.69, 9.17) is 4.74 Å². The Hall–Kier alpha value is -1.10. The lowest BCUT2D eigenvalue weighted by Crippen LogP contribution is -2.47. The Kier molecular flexibility index (Phi) is 5.19. The lowest BCUT2D eigenvalue weighted by Gasteiger charge is -2.38. The van der Waals surface area contributed by atoms with E-state index in [0.29, 0.717) is 5.75 Å². The number of hydrogen-bond donors (Lipinski definition) is 2. The third-order valence-electron chi connectivity index (χ3n) is 3.73. The number of morpholine rings is 1. The van der Waals surface area contributed by atoms with Gasteiger partial charge in [0.15, 0.2) is 0 Å². The van der Waals surface area contributed by atoms with E-state index in [1.165, 1.54) is 0 Å². The molecular weight excluding hydrogens is 240 g/mol. The number of aromatic hydroxyl groups is 1. The number of hydrogen-bond acceptors (Lipinski definition) is 4. The Morgan fingerprint density at radius 3 is 2.95 bits per heavy atom. The first-order valence-electron chi connectivity index (χ1n) is 7.04. The van der Waals surface area contributed by atoms with Crippen molar-refractivity contribution in [1.82, 2.24) is 10.2 Å². The summed E-state index contributed by atoms with van der Waals surface area (Å²) in [6, 6.07) is 7.91. The lowest BCUT2D eigenvalue weighted by molar-refractivity contribution is -0.0426. The molecule has 2 atom stereocenters. The standard InChI is InChI=1S/C15H24N2O2/c1-3-14(13-6-4-5-7-15(13)18)17-8-9-19-12(11-17)10-16-2/h4-7,12,14,16,18H,3,8-11H2,1-2H3. The SMILES string of the molecule is CCC(c1ccccc1O)N1CCOC(CNC)C1. The van der Waals surface area contributed by atoms with Crippen LogP contribution in [0.2, 0.25) is 0 Å². The van der Waals surface area contributed by atoms with Gasteiger partial charge in [0.25, 0.3) is 0 Å². The highest BCUT2D eigenvalue weighted by Gasteiger charge is 2.27. The minimum absolute atomic E-state index is 0.235. The Morgan fingerprint density at radius 2 is 2.26 bits per heavy atom. The number of phenolic OH excluding ortho intramolecular Hbond substituents is 1. The fourth-order valence-electron chi connectivity index (χ4n) is 2.82. The monoisotopic (exact) mass is 264 g/mol. The highest BCUT2D eigenvalue weighted by atomic mass is 16.5. The molecule has 1 aromatic carbocycles. The average Bonchev–Trinajstić information content (AvgIpc) is 2.43. The van der Waals surface area contributed by atoms with Crippen LogP contribution in [0.25, 0.3) is 0 Å². The average molecular weight is 264 g/mol. The van der Waals surface area contributed by atoms with Gasteiger partial charge in [-0.2, -0.15) is 0 Å². The number of nitrogens with zero attached hydrogens (tertiary/aromatic N) is 1. The van der Waals surface area contributed by atoms with E-state index in [-0.39, 0.29) is 12.1 Å². The minimum Gasteiger partial charge on any atom is -0.508 e. The largest absolute Gasteiger partial charge is 0.508 e. The van der Waals surface area contributed by atoms with Crippen molar-refractivity contribution in [2.24, 2.45) is 0 Å². The molecule has 106 valence electrons. The topological polar surface area (TPSA) is 44.7 Å². The smallest absolute Gasteiger partial charge is 0.120 e. The summed E-state index contributed by atoms with van der Waals surface area (Å²) in [4.78, 5) is 2.42. The fourth-order valence-corrected chi connectivity index (χ4v) is 2.82. The van der Waals surface area contributed by atoms with Gasteiger partial charge in [-0.3, -0.25) is 4.90 Å². The van der Waals surface area contributed by atoms with Gasteiger partial charge in [-0.15, -0.1) is 0 Å². The number of ether oxygens (including phenoxy) is 1. The molecule has 0 radical (unpaired) electrons. The van der Waals surface area contributed by atoms with Crippen LogP contribution < -0.4 is 5.32 Å². The van der Waals surface area contributed by atoms with Gasteiger partial charge in [0.05, 0.1) is 12.7 Å². The van der Waals surface area contributed by atoms with Gasteiger partial charge < -0.3 is 15.2 Å². The third-order valence-corrected chi connectivity index (χ3v) is 3.73. The van der Waals surface area contributed by atoms with Crippen LogP contribution in [0.3, 0.4) is 0 Å². The molecule has 2 unspecified atom stereocenters. The fraction of sp³-hybridized carbons (Fsp3) is 0.600. The highest BCUT2D eigenvalue weighted by molar-refractivity contribution is 5.34. The van der Waals surface area contributed by atoms with Crippen LogP contribution in [0.1, 0.15) is 24.9 Å². The predicted octanol–water partition coefficient (Wildman–Crippen LogP) is 1.76. The lowest BCUT2D eigenvalue weighted by atomic mass is 10.0. The van der Waals surface area contributed by atoms with E-state index < -0.39 is 0 Å². The van der Waals surface area contributed by atoms with Crippen LogP contribution in [0.15, 0.2) is 24.3 Å². The maximum absolute atomic E-state index is 10.0. The van der Waals surface area contributed by atoms with Crippen LogP contribution in [0, 0.1) is 0 Å².